The minimum absolute atomic E-state index is 0. The third-order valence-electron chi connectivity index (χ3n) is 9.52. The van der Waals surface area contributed by atoms with Gasteiger partial charge in [0.25, 0.3) is 0 Å². The molecule has 1 aliphatic heterocycles. The van der Waals surface area contributed by atoms with Crippen molar-refractivity contribution >= 4 is 57.3 Å². The van der Waals surface area contributed by atoms with Crippen molar-refractivity contribution in [1.29, 1.82) is 0 Å². The second kappa shape index (κ2) is 15.5. The number of fused-ring (bicyclic) bond motifs is 4. The molecule has 0 unspecified atom stereocenters. The topological polar surface area (TPSA) is 24.3 Å². The van der Waals surface area contributed by atoms with Gasteiger partial charge in [0, 0.05) is 66.2 Å². The second-order valence-corrected chi connectivity index (χ2v) is 13.2. The van der Waals surface area contributed by atoms with Gasteiger partial charge in [-0.15, -0.1) is 30.6 Å². The van der Waals surface area contributed by atoms with Crippen LogP contribution in [0.25, 0.3) is 49.9 Å². The van der Waals surface area contributed by atoms with E-state index in [0.717, 1.165) is 49.9 Å². The summed E-state index contributed by atoms with van der Waals surface area (Å²) in [7, 11) is 0. The van der Waals surface area contributed by atoms with E-state index in [1.807, 2.05) is 42.6 Å². The zero-order chi connectivity index (χ0) is 35.6. The minimum atomic E-state index is 0. The summed E-state index contributed by atoms with van der Waals surface area (Å²) >= 11 is 4.81. The summed E-state index contributed by atoms with van der Waals surface area (Å²) in [5.74, 6) is 0. The quantitative estimate of drug-likeness (QED) is 0.127. The van der Waals surface area contributed by atoms with Gasteiger partial charge in [-0.2, -0.15) is 11.0 Å². The Labute approximate surface area is 335 Å². The molecule has 4 nitrogen and oxygen atoms in total. The molecule has 54 heavy (non-hydrogen) atoms. The van der Waals surface area contributed by atoms with Crippen molar-refractivity contribution < 1.29 is 21.1 Å². The largest absolute Gasteiger partial charge is 0.780 e. The first kappa shape index (κ1) is 35.1. The van der Waals surface area contributed by atoms with E-state index in [1.165, 1.54) is 27.6 Å². The predicted molar refractivity (Wildman–Crippen MR) is 222 cm³/mol. The minimum Gasteiger partial charge on any atom is -0.780 e. The molecule has 0 amide bonds. The van der Waals surface area contributed by atoms with E-state index >= 15 is 0 Å². The van der Waals surface area contributed by atoms with Crippen molar-refractivity contribution in [2.45, 2.75) is 4.90 Å². The van der Waals surface area contributed by atoms with Gasteiger partial charge in [0.15, 0.2) is 0 Å². The maximum absolute atomic E-state index is 4.81. The molecular formula is C48H33N4PtS-3. The van der Waals surface area contributed by atoms with E-state index in [0.29, 0.717) is 0 Å². The number of benzene rings is 7. The first-order valence-corrected chi connectivity index (χ1v) is 18.0. The monoisotopic (exact) mass is 892 g/mol. The van der Waals surface area contributed by atoms with Gasteiger partial charge in [-0.05, 0) is 41.5 Å². The van der Waals surface area contributed by atoms with Gasteiger partial charge < -0.3 is 27.0 Å². The number of nitrogens with zero attached hydrogens (tertiary/aromatic N) is 4. The summed E-state index contributed by atoms with van der Waals surface area (Å²) in [6.07, 6.45) is 1.86. The molecule has 264 valence electrons. The maximum atomic E-state index is 4.81. The molecule has 0 aliphatic carbocycles. The molecule has 0 saturated carbocycles. The second-order valence-electron chi connectivity index (χ2n) is 12.7. The van der Waals surface area contributed by atoms with Crippen LogP contribution < -0.4 is 9.80 Å². The third-order valence-corrected chi connectivity index (χ3v) is 9.79. The number of anilines is 4. The number of para-hydroxylation sites is 4. The van der Waals surface area contributed by atoms with Crippen molar-refractivity contribution in [1.82, 2.24) is 9.55 Å². The molecule has 2 aromatic heterocycles. The van der Waals surface area contributed by atoms with Gasteiger partial charge >= 0.3 is 0 Å². The Morgan fingerprint density at radius 2 is 1.02 bits per heavy atom. The van der Waals surface area contributed by atoms with Gasteiger partial charge in [0.05, 0.1) is 5.52 Å². The fourth-order valence-corrected chi connectivity index (χ4v) is 7.32. The van der Waals surface area contributed by atoms with Crippen molar-refractivity contribution in [3.63, 3.8) is 0 Å². The number of aromatic nitrogens is 2. The molecule has 10 rings (SSSR count). The SMILES string of the molecule is [Pt].[S-]c1ccccc1.[c-]1c(N2[CH-]N(c3c(-c4ccccc4)cccc3-c3ccccc3)c3ccccc32)cccc1-n1c2ccccc2c2cccnc21. The first-order chi connectivity index (χ1) is 26.2. The van der Waals surface area contributed by atoms with Crippen LogP contribution in [0, 0.1) is 12.7 Å². The summed E-state index contributed by atoms with van der Waals surface area (Å²) in [6.45, 7) is 2.21. The standard InChI is InChI=1S/C42H28N4.C6H6S.Pt/c1-3-14-30(15-4-1)34-21-12-22-35(31-16-5-2-6-17-31)41(34)45-29-44(39-25-9-10-26-40(39)45)32-18-11-19-33(28-32)46-38-24-8-7-20-36(38)37-23-13-27-43-42(37)46;7-6-4-2-1-3-5-6;/h1-27,29H;1-5,7H;/q-2;;/p-1. The summed E-state index contributed by atoms with van der Waals surface area (Å²) in [4.78, 5) is 10.3. The van der Waals surface area contributed by atoms with Gasteiger partial charge in [-0.25, -0.2) is 4.98 Å². The fraction of sp³-hybridized carbons (Fsp3) is 0. The van der Waals surface area contributed by atoms with E-state index in [2.05, 4.69) is 179 Å². The summed E-state index contributed by atoms with van der Waals surface area (Å²) in [5.41, 5.74) is 12.0. The molecule has 0 atom stereocenters. The van der Waals surface area contributed by atoms with Crippen LogP contribution in [0.5, 0.6) is 0 Å². The summed E-state index contributed by atoms with van der Waals surface area (Å²) in [6, 6.07) is 68.8. The van der Waals surface area contributed by atoms with Gasteiger partial charge in [-0.3, -0.25) is 0 Å². The van der Waals surface area contributed by atoms with E-state index in [-0.39, 0.29) is 21.1 Å². The molecule has 7 aromatic carbocycles. The van der Waals surface area contributed by atoms with E-state index in [4.69, 9.17) is 17.6 Å². The molecule has 9 aromatic rings. The molecule has 0 spiro atoms. The zero-order valence-corrected chi connectivity index (χ0v) is 32.2. The Morgan fingerprint density at radius 1 is 0.481 bits per heavy atom. The molecule has 3 heterocycles. The van der Waals surface area contributed by atoms with Crippen LogP contribution in [0.2, 0.25) is 0 Å². The van der Waals surface area contributed by atoms with Crippen molar-refractivity contribution in [2.75, 3.05) is 9.80 Å². The van der Waals surface area contributed by atoms with Gasteiger partial charge in [0.2, 0.25) is 0 Å². The predicted octanol–water partition coefficient (Wildman–Crippen LogP) is 12.3. The van der Waals surface area contributed by atoms with Gasteiger partial charge in [0.1, 0.15) is 5.65 Å². The maximum Gasteiger partial charge on any atom is 0.143 e. The molecule has 0 radical (unpaired) electrons. The molecular weight excluding hydrogens is 860 g/mol. The Morgan fingerprint density at radius 3 is 1.67 bits per heavy atom. The smallest absolute Gasteiger partial charge is 0.143 e. The number of hydrogen-bond acceptors (Lipinski definition) is 4. The molecule has 1 aliphatic rings. The van der Waals surface area contributed by atoms with E-state index < -0.39 is 0 Å². The summed E-state index contributed by atoms with van der Waals surface area (Å²) in [5, 5.41) is 2.31. The average molecular weight is 893 g/mol. The first-order valence-electron chi connectivity index (χ1n) is 17.6. The molecule has 0 fully saturated rings. The van der Waals surface area contributed by atoms with Crippen LogP contribution in [0.15, 0.2) is 199 Å². The van der Waals surface area contributed by atoms with Crippen molar-refractivity contribution in [2.24, 2.45) is 0 Å². The van der Waals surface area contributed by atoms with Crippen LogP contribution in [-0.4, -0.2) is 9.55 Å². The van der Waals surface area contributed by atoms with Crippen LogP contribution in [-0.2, 0) is 33.7 Å². The van der Waals surface area contributed by atoms with Crippen LogP contribution in [0.3, 0.4) is 0 Å². The normalized spacial score (nSPS) is 11.9. The van der Waals surface area contributed by atoms with Crippen LogP contribution in [0.1, 0.15) is 0 Å². The Kier molecular flexibility index (Phi) is 10.1. The van der Waals surface area contributed by atoms with Crippen molar-refractivity contribution in [3.05, 3.63) is 207 Å². The summed E-state index contributed by atoms with van der Waals surface area (Å²) < 4.78 is 2.21. The molecule has 6 heteroatoms. The Hall–Kier alpha value is -6.00. The van der Waals surface area contributed by atoms with Crippen LogP contribution in [0.4, 0.5) is 22.7 Å². The Balaban J connectivity index is 0.000000468. The number of hydrogen-bond donors (Lipinski definition) is 0. The van der Waals surface area contributed by atoms with Crippen LogP contribution >= 0.6 is 0 Å². The Bertz CT molecular complexity index is 2570. The average Bonchev–Trinajstić information content (AvgIpc) is 3.78. The number of rotatable bonds is 5. The fourth-order valence-electron chi connectivity index (χ4n) is 7.16. The molecule has 0 N–H and O–H groups in total. The third kappa shape index (κ3) is 6.58. The van der Waals surface area contributed by atoms with E-state index in [9.17, 15) is 0 Å². The van der Waals surface area contributed by atoms with Gasteiger partial charge in [-0.1, -0.05) is 145 Å². The number of pyridine rings is 1. The molecule has 0 saturated heterocycles. The van der Waals surface area contributed by atoms with Crippen molar-refractivity contribution in [3.8, 4) is 27.9 Å². The molecule has 0 bridgehead atoms. The van der Waals surface area contributed by atoms with E-state index in [1.54, 1.807) is 0 Å². The zero-order valence-electron chi connectivity index (χ0n) is 29.1.